The molecule has 0 rings (SSSR count). The third-order valence-corrected chi connectivity index (χ3v) is 0.952. The molecule has 1 radical (unpaired) electrons. The molecule has 2 nitrogen and oxygen atoms in total. The molecule has 0 amide bonds. The molecule has 0 aromatic rings. The van der Waals surface area contributed by atoms with E-state index in [0.717, 1.165) is 5.71 Å². The van der Waals surface area contributed by atoms with Crippen LogP contribution in [0.4, 0.5) is 0 Å². The minimum absolute atomic E-state index is 0.951. The van der Waals surface area contributed by atoms with Gasteiger partial charge in [0.15, 0.2) is 0 Å². The van der Waals surface area contributed by atoms with Crippen LogP contribution in [-0.4, -0.2) is 12.8 Å². The van der Waals surface area contributed by atoms with Crippen LogP contribution in [0.5, 0.6) is 0 Å². The fraction of sp³-hybridized carbons (Fsp3) is 0.667. The van der Waals surface area contributed by atoms with Crippen molar-refractivity contribution >= 4 is 5.71 Å². The molecule has 0 fully saturated rings. The third kappa shape index (κ3) is 2.61. The van der Waals surface area contributed by atoms with Crippen molar-refractivity contribution in [3.63, 3.8) is 0 Å². The Morgan fingerprint density at radius 2 is 1.75 bits per heavy atom. The van der Waals surface area contributed by atoms with E-state index in [1.165, 1.54) is 5.92 Å². The Bertz CT molecular complexity index is 86.5. The molecule has 0 aliphatic heterocycles. The molecule has 0 bridgehead atoms. The van der Waals surface area contributed by atoms with E-state index in [2.05, 4.69) is 9.99 Å². The van der Waals surface area contributed by atoms with Gasteiger partial charge in [-0.25, -0.2) is 0 Å². The summed E-state index contributed by atoms with van der Waals surface area (Å²) in [5, 5.41) is 3.70. The van der Waals surface area contributed by atoms with Gasteiger partial charge in [-0.3, -0.25) is 0 Å². The smallest absolute Gasteiger partial charge is 0.106 e. The van der Waals surface area contributed by atoms with Gasteiger partial charge in [-0.05, 0) is 6.92 Å². The lowest BCUT2D eigenvalue weighted by Gasteiger charge is -1.99. The monoisotopic (exact) mass is 114 g/mol. The summed E-state index contributed by atoms with van der Waals surface area (Å²) in [5.41, 5.74) is 0.951. The van der Waals surface area contributed by atoms with Crippen LogP contribution in [0.1, 0.15) is 20.8 Å². The summed E-state index contributed by atoms with van der Waals surface area (Å²) in [6, 6.07) is 0. The first-order chi connectivity index (χ1) is 3.68. The van der Waals surface area contributed by atoms with E-state index in [9.17, 15) is 0 Å². The van der Waals surface area contributed by atoms with Crippen molar-refractivity contribution in [1.82, 2.24) is 0 Å². The Morgan fingerprint density at radius 1 is 1.25 bits per heavy atom. The zero-order chi connectivity index (χ0) is 6.57. The van der Waals surface area contributed by atoms with Gasteiger partial charge in [-0.2, -0.15) is 0 Å². The molecule has 0 aromatic heterocycles. The van der Waals surface area contributed by atoms with Crippen molar-refractivity contribution in [3.8, 4) is 0 Å². The lowest BCUT2D eigenvalue weighted by molar-refractivity contribution is 0.213. The van der Waals surface area contributed by atoms with E-state index < -0.39 is 0 Å². The Hall–Kier alpha value is -0.530. The van der Waals surface area contributed by atoms with Gasteiger partial charge in [-0.15, -0.1) is 0 Å². The average Bonchev–Trinajstić information content (AvgIpc) is 1.67. The Labute approximate surface area is 50.5 Å². The summed E-state index contributed by atoms with van der Waals surface area (Å²) in [4.78, 5) is 4.53. The molecule has 0 aromatic carbocycles. The molecule has 2 heteroatoms. The van der Waals surface area contributed by atoms with Crippen LogP contribution in [0.2, 0.25) is 0 Å². The molecule has 0 spiro atoms. The molecular weight excluding hydrogens is 102 g/mol. The second-order valence-electron chi connectivity index (χ2n) is 1.86. The molecule has 0 N–H and O–H groups in total. The summed E-state index contributed by atoms with van der Waals surface area (Å²) in [7, 11) is 1.55. The predicted molar refractivity (Wildman–Crippen MR) is 34.7 cm³/mol. The zero-order valence-corrected chi connectivity index (χ0v) is 5.86. The molecule has 0 unspecified atom stereocenters. The first-order valence-electron chi connectivity index (χ1n) is 2.56. The standard InChI is InChI=1S/C6H12NO/c1-5(2)6(3)7-8-4/h1-4H3/b7-6-. The van der Waals surface area contributed by atoms with Gasteiger partial charge in [0.05, 0.1) is 5.71 Å². The Balaban J connectivity index is 3.61. The lowest BCUT2D eigenvalue weighted by Crippen LogP contribution is -1.98. The van der Waals surface area contributed by atoms with E-state index >= 15 is 0 Å². The quantitative estimate of drug-likeness (QED) is 0.395. The fourth-order valence-corrected chi connectivity index (χ4v) is 0.228. The van der Waals surface area contributed by atoms with Crippen LogP contribution in [0.25, 0.3) is 0 Å². The minimum atomic E-state index is 0.951. The maximum atomic E-state index is 4.53. The average molecular weight is 114 g/mol. The van der Waals surface area contributed by atoms with Crippen LogP contribution in [0.3, 0.4) is 0 Å². The second-order valence-corrected chi connectivity index (χ2v) is 1.86. The molecule has 8 heavy (non-hydrogen) atoms. The number of nitrogens with zero attached hydrogens (tertiary/aromatic N) is 1. The molecule has 47 valence electrons. The number of oxime groups is 1. The Morgan fingerprint density at radius 3 is 1.88 bits per heavy atom. The van der Waals surface area contributed by atoms with Gasteiger partial charge in [0.1, 0.15) is 7.11 Å². The van der Waals surface area contributed by atoms with Gasteiger partial charge in [0.2, 0.25) is 0 Å². The SMILES string of the molecule is CO/N=C(/C)[C](C)C. The van der Waals surface area contributed by atoms with Crippen LogP contribution >= 0.6 is 0 Å². The predicted octanol–water partition coefficient (Wildman–Crippen LogP) is 1.62. The molecule has 0 atom stereocenters. The minimum Gasteiger partial charge on any atom is -0.399 e. The third-order valence-electron chi connectivity index (χ3n) is 0.952. The normalized spacial score (nSPS) is 12.4. The van der Waals surface area contributed by atoms with Gasteiger partial charge in [0.25, 0.3) is 0 Å². The summed E-state index contributed by atoms with van der Waals surface area (Å²) in [5.74, 6) is 1.19. The van der Waals surface area contributed by atoms with Crippen molar-refractivity contribution in [3.05, 3.63) is 5.92 Å². The highest BCUT2D eigenvalue weighted by molar-refractivity contribution is 5.93. The summed E-state index contributed by atoms with van der Waals surface area (Å²) in [6.45, 7) is 5.91. The van der Waals surface area contributed by atoms with Crippen molar-refractivity contribution in [2.75, 3.05) is 7.11 Å². The maximum Gasteiger partial charge on any atom is 0.106 e. The summed E-state index contributed by atoms with van der Waals surface area (Å²) >= 11 is 0. The Kier molecular flexibility index (Phi) is 3.24. The highest BCUT2D eigenvalue weighted by Crippen LogP contribution is 1.97. The molecule has 0 saturated heterocycles. The highest BCUT2D eigenvalue weighted by Gasteiger charge is 1.96. The van der Waals surface area contributed by atoms with E-state index in [4.69, 9.17) is 0 Å². The summed E-state index contributed by atoms with van der Waals surface area (Å²) in [6.07, 6.45) is 0. The maximum absolute atomic E-state index is 4.53. The number of rotatable bonds is 2. The van der Waals surface area contributed by atoms with Crippen molar-refractivity contribution in [2.24, 2.45) is 5.16 Å². The van der Waals surface area contributed by atoms with Crippen molar-refractivity contribution in [1.29, 1.82) is 0 Å². The lowest BCUT2D eigenvalue weighted by atomic mass is 10.1. The van der Waals surface area contributed by atoms with Crippen LogP contribution < -0.4 is 0 Å². The zero-order valence-electron chi connectivity index (χ0n) is 5.86. The van der Waals surface area contributed by atoms with E-state index in [-0.39, 0.29) is 0 Å². The summed E-state index contributed by atoms with van der Waals surface area (Å²) < 4.78 is 0. The van der Waals surface area contributed by atoms with E-state index in [1.54, 1.807) is 7.11 Å². The largest absolute Gasteiger partial charge is 0.399 e. The first-order valence-corrected chi connectivity index (χ1v) is 2.56. The van der Waals surface area contributed by atoms with Crippen LogP contribution in [-0.2, 0) is 4.84 Å². The van der Waals surface area contributed by atoms with Crippen molar-refractivity contribution < 1.29 is 4.84 Å². The van der Waals surface area contributed by atoms with Gasteiger partial charge < -0.3 is 4.84 Å². The molecule has 0 aliphatic rings. The van der Waals surface area contributed by atoms with Gasteiger partial charge in [0, 0.05) is 5.92 Å². The second kappa shape index (κ2) is 3.47. The number of hydrogen-bond donors (Lipinski definition) is 0. The van der Waals surface area contributed by atoms with Crippen LogP contribution in [0, 0.1) is 5.92 Å². The number of hydrogen-bond acceptors (Lipinski definition) is 2. The van der Waals surface area contributed by atoms with E-state index in [0.29, 0.717) is 0 Å². The van der Waals surface area contributed by atoms with Gasteiger partial charge >= 0.3 is 0 Å². The molecular formula is C6H12NO. The van der Waals surface area contributed by atoms with Crippen molar-refractivity contribution in [2.45, 2.75) is 20.8 Å². The molecule has 0 aliphatic carbocycles. The van der Waals surface area contributed by atoms with Crippen LogP contribution in [0.15, 0.2) is 5.16 Å². The van der Waals surface area contributed by atoms with Gasteiger partial charge in [-0.1, -0.05) is 19.0 Å². The fourth-order valence-electron chi connectivity index (χ4n) is 0.228. The molecule has 0 saturated carbocycles. The first kappa shape index (κ1) is 7.47. The van der Waals surface area contributed by atoms with E-state index in [1.807, 2.05) is 20.8 Å². The highest BCUT2D eigenvalue weighted by atomic mass is 16.6. The molecule has 0 heterocycles. The topological polar surface area (TPSA) is 21.6 Å².